The Hall–Kier alpha value is -2.27. The molecule has 4 fully saturated rings. The quantitative estimate of drug-likeness (QED) is 0.231. The Labute approximate surface area is 228 Å². The van der Waals surface area contributed by atoms with Crippen LogP contribution in [0.2, 0.25) is 0 Å². The molecule has 1 aromatic rings. The summed E-state index contributed by atoms with van der Waals surface area (Å²) in [4.78, 5) is 25.8. The van der Waals surface area contributed by atoms with Crippen LogP contribution in [0.1, 0.15) is 96.6 Å². The van der Waals surface area contributed by atoms with Crippen molar-refractivity contribution in [1.29, 1.82) is 0 Å². The summed E-state index contributed by atoms with van der Waals surface area (Å²) in [7, 11) is -0.806. The van der Waals surface area contributed by atoms with Gasteiger partial charge in [-0.05, 0) is 90.2 Å². The predicted molar refractivity (Wildman–Crippen MR) is 137 cm³/mol. The van der Waals surface area contributed by atoms with Gasteiger partial charge in [0.2, 0.25) is 0 Å². The first kappa shape index (κ1) is 29.7. The third kappa shape index (κ3) is 5.80. The van der Waals surface area contributed by atoms with Gasteiger partial charge in [0.25, 0.3) is 0 Å². The third-order valence-corrected chi connectivity index (χ3v) is 8.11. The van der Waals surface area contributed by atoms with E-state index >= 15 is 0 Å². The summed E-state index contributed by atoms with van der Waals surface area (Å²) < 4.78 is 70.9. The SMILES string of the molecule is CC(C)(C)OC(=O)Oc1c(CB2O[C@@H]3C[C@@H]4C[C@@H](C4(C)C)[C@]3(C)O2)ccc(C(F)(F)F)c1C(=O)OC(C)(C)C. The summed E-state index contributed by atoms with van der Waals surface area (Å²) in [6, 6.07) is 1.97. The molecule has 0 unspecified atom stereocenters. The minimum Gasteiger partial charge on any atom is -0.456 e. The zero-order valence-electron chi connectivity index (χ0n) is 24.1. The maximum atomic E-state index is 14.1. The highest BCUT2D eigenvalue weighted by molar-refractivity contribution is 6.45. The van der Waals surface area contributed by atoms with Gasteiger partial charge in [-0.3, -0.25) is 0 Å². The van der Waals surface area contributed by atoms with Crippen molar-refractivity contribution < 1.29 is 46.3 Å². The first-order valence-corrected chi connectivity index (χ1v) is 13.3. The van der Waals surface area contributed by atoms with Gasteiger partial charge in [-0.15, -0.1) is 0 Å². The molecule has 1 heterocycles. The average molecular weight is 554 g/mol. The Morgan fingerprint density at radius 2 is 1.62 bits per heavy atom. The second-order valence-corrected chi connectivity index (χ2v) is 13.6. The van der Waals surface area contributed by atoms with Crippen molar-refractivity contribution in [1.82, 2.24) is 0 Å². The normalized spacial score (nSPS) is 27.9. The number of alkyl halides is 3. The lowest BCUT2D eigenvalue weighted by molar-refractivity contribution is -0.199. The zero-order valence-corrected chi connectivity index (χ0v) is 24.1. The van der Waals surface area contributed by atoms with E-state index in [0.29, 0.717) is 5.92 Å². The maximum absolute atomic E-state index is 14.1. The van der Waals surface area contributed by atoms with Crippen molar-refractivity contribution in [2.24, 2.45) is 17.3 Å². The molecule has 0 aromatic heterocycles. The van der Waals surface area contributed by atoms with Crippen molar-refractivity contribution in [3.63, 3.8) is 0 Å². The summed E-state index contributed by atoms with van der Waals surface area (Å²) in [5.74, 6) is -1.06. The number of rotatable bonds is 4. The molecule has 2 bridgehead atoms. The first-order chi connectivity index (χ1) is 17.6. The highest BCUT2D eigenvalue weighted by Crippen LogP contribution is 2.65. The van der Waals surface area contributed by atoms with E-state index in [1.807, 2.05) is 6.92 Å². The number of halogens is 3. The van der Waals surface area contributed by atoms with E-state index in [1.165, 1.54) is 26.8 Å². The van der Waals surface area contributed by atoms with E-state index < -0.39 is 59.1 Å². The van der Waals surface area contributed by atoms with Gasteiger partial charge < -0.3 is 23.5 Å². The van der Waals surface area contributed by atoms with Crippen LogP contribution >= 0.6 is 0 Å². The molecule has 1 saturated heterocycles. The fourth-order valence-corrected chi connectivity index (χ4v) is 6.24. The largest absolute Gasteiger partial charge is 0.514 e. The third-order valence-electron chi connectivity index (χ3n) is 8.11. The first-order valence-electron chi connectivity index (χ1n) is 13.3. The van der Waals surface area contributed by atoms with Crippen LogP contribution in [0.3, 0.4) is 0 Å². The Bertz CT molecular complexity index is 1150. The Morgan fingerprint density at radius 3 is 2.15 bits per heavy atom. The van der Waals surface area contributed by atoms with Gasteiger partial charge in [0.15, 0.2) is 5.75 Å². The van der Waals surface area contributed by atoms with Crippen molar-refractivity contribution in [2.75, 3.05) is 0 Å². The van der Waals surface area contributed by atoms with Crippen molar-refractivity contribution in [3.8, 4) is 5.75 Å². The number of hydrogen-bond donors (Lipinski definition) is 0. The second-order valence-electron chi connectivity index (χ2n) is 13.6. The molecular weight excluding hydrogens is 516 g/mol. The number of esters is 1. The molecule has 1 aliphatic heterocycles. The lowest BCUT2D eigenvalue weighted by Gasteiger charge is -2.64. The highest BCUT2D eigenvalue weighted by atomic mass is 19.4. The molecule has 5 rings (SSSR count). The number of benzene rings is 1. The lowest BCUT2D eigenvalue weighted by atomic mass is 9.43. The Kier molecular flexibility index (Phi) is 7.16. The van der Waals surface area contributed by atoms with Gasteiger partial charge in [0, 0.05) is 6.32 Å². The minimum absolute atomic E-state index is 0.0457. The average Bonchev–Trinajstić information content (AvgIpc) is 3.06. The molecule has 0 spiro atoms. The molecular formula is C28H38BF3O7. The van der Waals surface area contributed by atoms with Gasteiger partial charge in [0.05, 0.1) is 17.3 Å². The molecule has 3 aliphatic carbocycles. The number of carbonyl (C=O) groups excluding carboxylic acids is 2. The van der Waals surface area contributed by atoms with E-state index in [4.69, 9.17) is 23.5 Å². The summed E-state index contributed by atoms with van der Waals surface area (Å²) in [5.41, 5.74) is -4.58. The molecule has 3 saturated carbocycles. The van der Waals surface area contributed by atoms with Crippen molar-refractivity contribution in [2.45, 2.75) is 111 Å². The van der Waals surface area contributed by atoms with Gasteiger partial charge in [-0.1, -0.05) is 19.9 Å². The van der Waals surface area contributed by atoms with Crippen LogP contribution in [0, 0.1) is 17.3 Å². The number of ether oxygens (including phenoxy) is 3. The van der Waals surface area contributed by atoms with Crippen LogP contribution in [0.15, 0.2) is 12.1 Å². The van der Waals surface area contributed by atoms with Crippen LogP contribution in [0.5, 0.6) is 5.75 Å². The summed E-state index contributed by atoms with van der Waals surface area (Å²) >= 11 is 0. The van der Waals surface area contributed by atoms with Crippen molar-refractivity contribution in [3.05, 3.63) is 28.8 Å². The van der Waals surface area contributed by atoms with E-state index in [0.717, 1.165) is 18.9 Å². The Morgan fingerprint density at radius 1 is 1.00 bits per heavy atom. The van der Waals surface area contributed by atoms with Crippen LogP contribution in [-0.4, -0.2) is 42.2 Å². The van der Waals surface area contributed by atoms with Gasteiger partial charge in [-0.2, -0.15) is 13.2 Å². The van der Waals surface area contributed by atoms with Crippen LogP contribution in [-0.2, 0) is 31.3 Å². The molecule has 0 radical (unpaired) electrons. The second kappa shape index (κ2) is 9.40. The van der Waals surface area contributed by atoms with Crippen LogP contribution in [0.25, 0.3) is 0 Å². The smallest absolute Gasteiger partial charge is 0.456 e. The van der Waals surface area contributed by atoms with Crippen LogP contribution in [0.4, 0.5) is 18.0 Å². The monoisotopic (exact) mass is 554 g/mol. The summed E-state index contributed by atoms with van der Waals surface area (Å²) in [6.07, 6.45) is -4.51. The van der Waals surface area contributed by atoms with E-state index in [9.17, 15) is 22.8 Å². The maximum Gasteiger partial charge on any atom is 0.514 e. The topological polar surface area (TPSA) is 80.3 Å². The standard InChI is InChI=1S/C28H38BF3O7/c1-24(2,3)36-22(33)20-17(28(30,31)32)11-10-15(21(20)35-23(34)37-25(4,5)6)14-29-38-19-13-16-12-18(26(16,7)8)27(19,9)39-29/h10-11,16,18-19H,12-14H2,1-9H3/t16-,18-,19+,27-/m0/s1. The van der Waals surface area contributed by atoms with Gasteiger partial charge >= 0.3 is 25.4 Å². The van der Waals surface area contributed by atoms with E-state index in [-0.39, 0.29) is 29.3 Å². The number of carbonyl (C=O) groups is 2. The molecule has 1 aromatic carbocycles. The van der Waals surface area contributed by atoms with Crippen LogP contribution < -0.4 is 4.74 Å². The fraction of sp³-hybridized carbons (Fsp3) is 0.714. The minimum atomic E-state index is -4.92. The Balaban J connectivity index is 1.74. The number of hydrogen-bond acceptors (Lipinski definition) is 7. The molecule has 0 amide bonds. The molecule has 4 aliphatic rings. The predicted octanol–water partition coefficient (Wildman–Crippen LogP) is 6.78. The molecule has 7 nitrogen and oxygen atoms in total. The molecule has 216 valence electrons. The van der Waals surface area contributed by atoms with Gasteiger partial charge in [0.1, 0.15) is 16.8 Å². The fourth-order valence-electron chi connectivity index (χ4n) is 6.24. The van der Waals surface area contributed by atoms with E-state index in [2.05, 4.69) is 13.8 Å². The summed E-state index contributed by atoms with van der Waals surface area (Å²) in [6.45, 7) is 15.8. The molecule has 4 atom stereocenters. The molecule has 39 heavy (non-hydrogen) atoms. The lowest BCUT2D eigenvalue weighted by Crippen LogP contribution is -2.65. The summed E-state index contributed by atoms with van der Waals surface area (Å²) in [5, 5.41) is 0. The van der Waals surface area contributed by atoms with Crippen molar-refractivity contribution >= 4 is 19.2 Å². The zero-order chi connectivity index (χ0) is 29.3. The van der Waals surface area contributed by atoms with E-state index in [1.54, 1.807) is 20.8 Å². The highest BCUT2D eigenvalue weighted by Gasteiger charge is 2.67. The molecule has 11 heteroatoms. The van der Waals surface area contributed by atoms with Gasteiger partial charge in [-0.25, -0.2) is 9.59 Å². The molecule has 0 N–H and O–H groups in total.